The van der Waals surface area contributed by atoms with Crippen molar-refractivity contribution in [2.24, 2.45) is 0 Å². The van der Waals surface area contributed by atoms with E-state index in [-0.39, 0.29) is 12.4 Å². The maximum absolute atomic E-state index is 6.02. The lowest BCUT2D eigenvalue weighted by molar-refractivity contribution is -0.0581. The summed E-state index contributed by atoms with van der Waals surface area (Å²) >= 11 is 0. The highest BCUT2D eigenvalue weighted by atomic mass is 16.7. The number of benzene rings is 2. The lowest BCUT2D eigenvalue weighted by Gasteiger charge is -2.16. The smallest absolute Gasteiger partial charge is 0.184 e. The number of aryl methyl sites for hydroxylation is 2. The Hall–Kier alpha value is -1.84. The second-order valence-electron chi connectivity index (χ2n) is 5.87. The van der Waals surface area contributed by atoms with Gasteiger partial charge in [0.05, 0.1) is 12.7 Å². The van der Waals surface area contributed by atoms with Crippen LogP contribution in [0.2, 0.25) is 0 Å². The molecule has 1 saturated heterocycles. The van der Waals surface area contributed by atoms with Gasteiger partial charge < -0.3 is 14.2 Å². The zero-order valence-corrected chi connectivity index (χ0v) is 13.3. The molecule has 2 aromatic rings. The lowest BCUT2D eigenvalue weighted by Crippen LogP contribution is -2.07. The van der Waals surface area contributed by atoms with Crippen LogP contribution in [0.4, 0.5) is 0 Å². The Morgan fingerprint density at radius 1 is 1.14 bits per heavy atom. The Labute approximate surface area is 131 Å². The largest absolute Gasteiger partial charge is 0.489 e. The normalized spacial score (nSPS) is 21.0. The maximum atomic E-state index is 6.02. The maximum Gasteiger partial charge on any atom is 0.184 e. The van der Waals surface area contributed by atoms with E-state index in [1.807, 2.05) is 25.1 Å². The summed E-state index contributed by atoms with van der Waals surface area (Å²) in [5, 5.41) is 0. The molecule has 2 atom stereocenters. The van der Waals surface area contributed by atoms with Crippen LogP contribution in [0, 0.1) is 13.8 Å². The van der Waals surface area contributed by atoms with Gasteiger partial charge in [0.15, 0.2) is 6.29 Å². The first-order chi connectivity index (χ1) is 10.6. The third-order valence-corrected chi connectivity index (χ3v) is 3.87. The molecule has 0 aromatic heterocycles. The summed E-state index contributed by atoms with van der Waals surface area (Å²) in [7, 11) is 0. The van der Waals surface area contributed by atoms with E-state index in [4.69, 9.17) is 14.2 Å². The van der Waals surface area contributed by atoms with Crippen LogP contribution < -0.4 is 4.74 Å². The van der Waals surface area contributed by atoms with E-state index in [1.54, 1.807) is 0 Å². The molecule has 1 aliphatic heterocycles. The molecule has 3 rings (SSSR count). The van der Waals surface area contributed by atoms with Crippen LogP contribution in [-0.4, -0.2) is 12.7 Å². The van der Waals surface area contributed by atoms with Crippen molar-refractivity contribution in [3.8, 4) is 5.75 Å². The van der Waals surface area contributed by atoms with Gasteiger partial charge in [-0.2, -0.15) is 0 Å². The minimum atomic E-state index is -0.284. The first kappa shape index (κ1) is 15.1. The number of rotatable bonds is 4. The fourth-order valence-corrected chi connectivity index (χ4v) is 2.59. The summed E-state index contributed by atoms with van der Waals surface area (Å²) in [6.45, 7) is 7.30. The molecule has 3 heteroatoms. The molecule has 1 aliphatic rings. The Morgan fingerprint density at radius 3 is 2.73 bits per heavy atom. The molecule has 2 unspecified atom stereocenters. The standard InChI is InChI=1S/C19H22O3/c1-13-8-9-14(2)18(10-13)20-12-16-6-4-5-7-17(16)19-21-11-15(3)22-19/h4-10,15,19H,11-12H2,1-3H3. The van der Waals surface area contributed by atoms with E-state index in [1.165, 1.54) is 5.56 Å². The van der Waals surface area contributed by atoms with Crippen molar-refractivity contribution in [1.29, 1.82) is 0 Å². The molecule has 0 saturated carbocycles. The monoisotopic (exact) mass is 298 g/mol. The van der Waals surface area contributed by atoms with Gasteiger partial charge in [-0.1, -0.05) is 36.4 Å². The summed E-state index contributed by atoms with van der Waals surface area (Å²) in [5.74, 6) is 0.927. The van der Waals surface area contributed by atoms with E-state index >= 15 is 0 Å². The lowest BCUT2D eigenvalue weighted by atomic mass is 10.1. The van der Waals surface area contributed by atoms with Crippen molar-refractivity contribution in [3.05, 3.63) is 64.7 Å². The van der Waals surface area contributed by atoms with Crippen LogP contribution >= 0.6 is 0 Å². The van der Waals surface area contributed by atoms with Crippen LogP contribution in [0.15, 0.2) is 42.5 Å². The molecule has 0 bridgehead atoms. The van der Waals surface area contributed by atoms with Gasteiger partial charge in [0.1, 0.15) is 12.4 Å². The molecule has 0 N–H and O–H groups in total. The summed E-state index contributed by atoms with van der Waals surface area (Å²) < 4.78 is 17.5. The van der Waals surface area contributed by atoms with Gasteiger partial charge in [-0.15, -0.1) is 0 Å². The van der Waals surface area contributed by atoms with Crippen LogP contribution in [0.25, 0.3) is 0 Å². The van der Waals surface area contributed by atoms with Crippen molar-refractivity contribution in [2.45, 2.75) is 39.8 Å². The Balaban J connectivity index is 1.77. The Kier molecular flexibility index (Phi) is 4.46. The quantitative estimate of drug-likeness (QED) is 0.841. The van der Waals surface area contributed by atoms with Gasteiger partial charge in [0, 0.05) is 5.56 Å². The SMILES string of the molecule is Cc1ccc(C)c(OCc2ccccc2C2OCC(C)O2)c1. The summed E-state index contributed by atoms with van der Waals surface area (Å²) in [6, 6.07) is 14.4. The van der Waals surface area contributed by atoms with Crippen molar-refractivity contribution in [3.63, 3.8) is 0 Å². The molecular weight excluding hydrogens is 276 g/mol. The predicted octanol–water partition coefficient (Wildman–Crippen LogP) is 4.32. The van der Waals surface area contributed by atoms with Crippen molar-refractivity contribution >= 4 is 0 Å². The average Bonchev–Trinajstić information content (AvgIpc) is 2.95. The minimum Gasteiger partial charge on any atom is -0.489 e. The third-order valence-electron chi connectivity index (χ3n) is 3.87. The highest BCUT2D eigenvalue weighted by Gasteiger charge is 2.25. The van der Waals surface area contributed by atoms with Gasteiger partial charge in [-0.05, 0) is 43.5 Å². The minimum absolute atomic E-state index is 0.137. The van der Waals surface area contributed by atoms with Crippen molar-refractivity contribution in [1.82, 2.24) is 0 Å². The zero-order chi connectivity index (χ0) is 15.5. The van der Waals surface area contributed by atoms with Crippen molar-refractivity contribution < 1.29 is 14.2 Å². The molecule has 3 nitrogen and oxygen atoms in total. The summed E-state index contributed by atoms with van der Waals surface area (Å²) in [5.41, 5.74) is 4.50. The number of ether oxygens (including phenoxy) is 3. The molecule has 0 radical (unpaired) electrons. The van der Waals surface area contributed by atoms with Crippen LogP contribution in [0.5, 0.6) is 5.75 Å². The zero-order valence-electron chi connectivity index (χ0n) is 13.3. The fourth-order valence-electron chi connectivity index (χ4n) is 2.59. The second-order valence-corrected chi connectivity index (χ2v) is 5.87. The number of hydrogen-bond acceptors (Lipinski definition) is 3. The van der Waals surface area contributed by atoms with Gasteiger partial charge >= 0.3 is 0 Å². The molecule has 116 valence electrons. The first-order valence-electron chi connectivity index (χ1n) is 7.68. The van der Waals surface area contributed by atoms with Gasteiger partial charge in [0.2, 0.25) is 0 Å². The van der Waals surface area contributed by atoms with E-state index in [0.717, 1.165) is 22.4 Å². The summed E-state index contributed by atoms with van der Waals surface area (Å²) in [6.07, 6.45) is -0.147. The highest BCUT2D eigenvalue weighted by molar-refractivity contribution is 5.36. The molecule has 0 aliphatic carbocycles. The van der Waals surface area contributed by atoms with Gasteiger partial charge in [-0.3, -0.25) is 0 Å². The highest BCUT2D eigenvalue weighted by Crippen LogP contribution is 2.30. The molecule has 1 fully saturated rings. The van der Waals surface area contributed by atoms with Crippen LogP contribution in [0.3, 0.4) is 0 Å². The fraction of sp³-hybridized carbons (Fsp3) is 0.368. The van der Waals surface area contributed by atoms with Crippen molar-refractivity contribution in [2.75, 3.05) is 6.61 Å². The third kappa shape index (κ3) is 3.32. The summed E-state index contributed by atoms with van der Waals surface area (Å²) in [4.78, 5) is 0. The second kappa shape index (κ2) is 6.51. The van der Waals surface area contributed by atoms with E-state index in [2.05, 4.69) is 38.1 Å². The first-order valence-corrected chi connectivity index (χ1v) is 7.68. The molecule has 0 amide bonds. The van der Waals surface area contributed by atoms with Crippen LogP contribution in [-0.2, 0) is 16.1 Å². The molecule has 0 spiro atoms. The Morgan fingerprint density at radius 2 is 1.95 bits per heavy atom. The number of hydrogen-bond donors (Lipinski definition) is 0. The van der Waals surface area contributed by atoms with Crippen LogP contribution in [0.1, 0.15) is 35.5 Å². The van der Waals surface area contributed by atoms with Gasteiger partial charge in [-0.25, -0.2) is 0 Å². The molecular formula is C19H22O3. The van der Waals surface area contributed by atoms with Gasteiger partial charge in [0.25, 0.3) is 0 Å². The molecule has 1 heterocycles. The molecule has 2 aromatic carbocycles. The molecule has 22 heavy (non-hydrogen) atoms. The van der Waals surface area contributed by atoms with E-state index in [0.29, 0.717) is 13.2 Å². The predicted molar refractivity (Wildman–Crippen MR) is 85.9 cm³/mol. The van der Waals surface area contributed by atoms with E-state index < -0.39 is 0 Å². The topological polar surface area (TPSA) is 27.7 Å². The Bertz CT molecular complexity index is 651. The average molecular weight is 298 g/mol. The van der Waals surface area contributed by atoms with E-state index in [9.17, 15) is 0 Å².